The fourth-order valence-electron chi connectivity index (χ4n) is 5.14. The molecule has 4 aromatic rings. The van der Waals surface area contributed by atoms with Crippen LogP contribution in [0.15, 0.2) is 60.8 Å². The van der Waals surface area contributed by atoms with E-state index in [9.17, 15) is 18.0 Å². The van der Waals surface area contributed by atoms with Crippen molar-refractivity contribution >= 4 is 52.9 Å². The van der Waals surface area contributed by atoms with Gasteiger partial charge in [-0.3, -0.25) is 9.20 Å². The number of piperidine rings is 1. The molecule has 1 saturated heterocycles. The molecule has 1 aliphatic heterocycles. The number of pyridine rings is 1. The highest BCUT2D eigenvalue weighted by molar-refractivity contribution is 6.31. The highest BCUT2D eigenvalue weighted by atomic mass is 35.5. The minimum atomic E-state index is -4.71. The average Bonchev–Trinajstić information content (AvgIpc) is 3.29. The number of fused-ring (bicyclic) bond motifs is 1. The van der Waals surface area contributed by atoms with Gasteiger partial charge in [0.2, 0.25) is 0 Å². The van der Waals surface area contributed by atoms with Crippen LogP contribution in [-0.2, 0) is 13.0 Å². The van der Waals surface area contributed by atoms with E-state index in [1.165, 1.54) is 12.1 Å². The Hall–Kier alpha value is -3.14. The molecule has 2 aromatic carbocycles. The zero-order valence-electron chi connectivity index (χ0n) is 22.0. The summed E-state index contributed by atoms with van der Waals surface area (Å²) < 4.78 is 42.9. The maximum Gasteiger partial charge on any atom is 0.573 e. The van der Waals surface area contributed by atoms with Crippen molar-refractivity contribution in [3.8, 4) is 5.75 Å². The number of rotatable bonds is 7. The molecule has 1 amide bonds. The van der Waals surface area contributed by atoms with Crippen LogP contribution in [0.2, 0.25) is 10.0 Å². The predicted octanol–water partition coefficient (Wildman–Crippen LogP) is 7.84. The number of amides is 1. The molecule has 0 bridgehead atoms. The summed E-state index contributed by atoms with van der Waals surface area (Å²) in [6.07, 6.45) is -0.700. The Bertz CT molecular complexity index is 1520. The van der Waals surface area contributed by atoms with Gasteiger partial charge in [-0.05, 0) is 78.8 Å². The van der Waals surface area contributed by atoms with Crippen LogP contribution in [0.1, 0.15) is 53.0 Å². The van der Waals surface area contributed by atoms with E-state index < -0.39 is 6.36 Å². The summed E-state index contributed by atoms with van der Waals surface area (Å²) in [7, 11) is 0. The number of anilines is 1. The molecule has 5 rings (SSSR count). The number of hydrogen-bond acceptors (Lipinski definition) is 4. The van der Waals surface area contributed by atoms with Crippen molar-refractivity contribution in [3.05, 3.63) is 93.4 Å². The van der Waals surface area contributed by atoms with Crippen molar-refractivity contribution in [2.75, 3.05) is 18.0 Å². The monoisotopic (exact) mass is 626 g/mol. The molecule has 1 N–H and O–H groups in total. The number of aryl methyl sites for hydroxylation is 1. The number of alkyl halides is 3. The van der Waals surface area contributed by atoms with E-state index in [2.05, 4.69) is 19.9 Å². The van der Waals surface area contributed by atoms with Crippen molar-refractivity contribution < 1.29 is 22.7 Å². The molecule has 0 radical (unpaired) electrons. The maximum absolute atomic E-state index is 13.1. The third kappa shape index (κ3) is 7.20. The van der Waals surface area contributed by atoms with Crippen LogP contribution in [0.25, 0.3) is 5.65 Å². The van der Waals surface area contributed by atoms with Crippen LogP contribution in [-0.4, -0.2) is 34.7 Å². The minimum absolute atomic E-state index is 0. The fraction of sp³-hybridized carbons (Fsp3) is 0.310. The molecule has 0 atom stereocenters. The molecule has 0 unspecified atom stereocenters. The second-order valence-electron chi connectivity index (χ2n) is 9.68. The lowest BCUT2D eigenvalue weighted by Gasteiger charge is -2.34. The summed E-state index contributed by atoms with van der Waals surface area (Å²) in [5, 5.41) is 4.14. The highest BCUT2D eigenvalue weighted by Gasteiger charge is 2.31. The van der Waals surface area contributed by atoms with Crippen LogP contribution < -0.4 is 15.0 Å². The number of carbonyl (C=O) groups excluding carboxylic acids is 1. The molecule has 0 spiro atoms. The van der Waals surface area contributed by atoms with E-state index in [1.54, 1.807) is 34.9 Å². The van der Waals surface area contributed by atoms with Crippen molar-refractivity contribution in [1.29, 1.82) is 0 Å². The molecule has 12 heteroatoms. The van der Waals surface area contributed by atoms with Crippen molar-refractivity contribution in [1.82, 2.24) is 14.7 Å². The van der Waals surface area contributed by atoms with Crippen LogP contribution in [0, 0.1) is 0 Å². The van der Waals surface area contributed by atoms with Gasteiger partial charge in [-0.1, -0.05) is 42.3 Å². The van der Waals surface area contributed by atoms with E-state index in [-0.39, 0.29) is 30.0 Å². The van der Waals surface area contributed by atoms with Gasteiger partial charge >= 0.3 is 6.36 Å². The third-order valence-electron chi connectivity index (χ3n) is 7.09. The Morgan fingerprint density at radius 3 is 2.41 bits per heavy atom. The molecule has 3 heterocycles. The largest absolute Gasteiger partial charge is 0.573 e. The van der Waals surface area contributed by atoms with Crippen molar-refractivity contribution in [3.63, 3.8) is 0 Å². The lowest BCUT2D eigenvalue weighted by Crippen LogP contribution is -2.33. The molecule has 2 aromatic heterocycles. The quantitative estimate of drug-likeness (QED) is 0.227. The normalized spacial score (nSPS) is 14.1. The molecular weight excluding hydrogens is 600 g/mol. The first-order chi connectivity index (χ1) is 19.1. The zero-order valence-corrected chi connectivity index (χ0v) is 24.4. The highest BCUT2D eigenvalue weighted by Crippen LogP contribution is 2.35. The number of halogens is 6. The van der Waals surface area contributed by atoms with E-state index in [4.69, 9.17) is 23.2 Å². The zero-order chi connectivity index (χ0) is 28.4. The number of carbonyl (C=O) groups is 1. The van der Waals surface area contributed by atoms with Crippen LogP contribution in [0.4, 0.5) is 18.9 Å². The summed E-state index contributed by atoms with van der Waals surface area (Å²) in [6, 6.07) is 15.3. The Balaban J connectivity index is 0.00000387. The molecule has 1 fully saturated rings. The number of benzene rings is 2. The fourth-order valence-corrected chi connectivity index (χ4v) is 5.66. The van der Waals surface area contributed by atoms with Gasteiger partial charge < -0.3 is 15.0 Å². The first-order valence-electron chi connectivity index (χ1n) is 12.9. The Morgan fingerprint density at radius 2 is 1.78 bits per heavy atom. The summed E-state index contributed by atoms with van der Waals surface area (Å²) in [5.74, 6) is -0.213. The Labute approximate surface area is 251 Å². The summed E-state index contributed by atoms with van der Waals surface area (Å²) in [5.41, 5.74) is 4.62. The maximum atomic E-state index is 13.1. The van der Waals surface area contributed by atoms with Gasteiger partial charge in [0.25, 0.3) is 5.91 Å². The molecular formula is C29H28Cl3F3N4O2. The first-order valence-corrected chi connectivity index (χ1v) is 13.7. The van der Waals surface area contributed by atoms with Gasteiger partial charge in [-0.15, -0.1) is 25.6 Å². The van der Waals surface area contributed by atoms with Crippen molar-refractivity contribution in [2.24, 2.45) is 0 Å². The van der Waals surface area contributed by atoms with Gasteiger partial charge in [0.05, 0.1) is 10.7 Å². The second kappa shape index (κ2) is 12.8. The first kappa shape index (κ1) is 30.8. The molecule has 41 heavy (non-hydrogen) atoms. The topological polar surface area (TPSA) is 58.9 Å². The SMILES string of the molecule is CCc1nc2ccc(Cl)cn2c1C(=O)NCc1ccc(C2CCN(c3ccc(OC(F)(F)F)cc3)CC2)c(Cl)c1.Cl. The van der Waals surface area contributed by atoms with Gasteiger partial charge in [-0.2, -0.15) is 0 Å². The molecule has 0 saturated carbocycles. The predicted molar refractivity (Wildman–Crippen MR) is 157 cm³/mol. The van der Waals surface area contributed by atoms with Crippen LogP contribution >= 0.6 is 35.6 Å². The number of aromatic nitrogens is 2. The van der Waals surface area contributed by atoms with E-state index >= 15 is 0 Å². The Morgan fingerprint density at radius 1 is 1.07 bits per heavy atom. The summed E-state index contributed by atoms with van der Waals surface area (Å²) in [6.45, 7) is 3.76. The second-order valence-corrected chi connectivity index (χ2v) is 10.5. The minimum Gasteiger partial charge on any atom is -0.406 e. The van der Waals surface area contributed by atoms with Gasteiger partial charge in [0.15, 0.2) is 0 Å². The number of nitrogens with one attached hydrogen (secondary N) is 1. The molecule has 6 nitrogen and oxygen atoms in total. The molecule has 0 aliphatic carbocycles. The molecule has 218 valence electrons. The third-order valence-corrected chi connectivity index (χ3v) is 7.64. The molecule has 1 aliphatic rings. The van der Waals surface area contributed by atoms with Gasteiger partial charge in [0.1, 0.15) is 17.1 Å². The van der Waals surface area contributed by atoms with E-state index in [1.807, 2.05) is 25.1 Å². The average molecular weight is 628 g/mol. The Kier molecular flexibility index (Phi) is 9.62. The lowest BCUT2D eigenvalue weighted by molar-refractivity contribution is -0.274. The standard InChI is InChI=1S/C29H27Cl2F3N4O2.ClH/c1-2-25-27(38-17-20(30)4-10-26(38)36-25)28(39)35-16-18-3-9-23(24(31)15-18)19-11-13-37(14-12-19)21-5-7-22(8-6-21)40-29(32,33)34;/h3-10,15,17,19H,2,11-14,16H2,1H3,(H,35,39);1H. The van der Waals surface area contributed by atoms with Crippen molar-refractivity contribution in [2.45, 2.75) is 45.0 Å². The number of ether oxygens (including phenoxy) is 1. The summed E-state index contributed by atoms with van der Waals surface area (Å²) >= 11 is 12.8. The van der Waals surface area contributed by atoms with Gasteiger partial charge in [-0.25, -0.2) is 4.98 Å². The van der Waals surface area contributed by atoms with Gasteiger partial charge in [0, 0.05) is 36.5 Å². The summed E-state index contributed by atoms with van der Waals surface area (Å²) in [4.78, 5) is 19.8. The number of hydrogen-bond donors (Lipinski definition) is 1. The van der Waals surface area contributed by atoms with Crippen LogP contribution in [0.5, 0.6) is 5.75 Å². The number of imidazole rings is 1. The smallest absolute Gasteiger partial charge is 0.406 e. The van der Waals surface area contributed by atoms with E-state index in [0.717, 1.165) is 42.7 Å². The number of nitrogens with zero attached hydrogens (tertiary/aromatic N) is 3. The van der Waals surface area contributed by atoms with Crippen LogP contribution in [0.3, 0.4) is 0 Å². The lowest BCUT2D eigenvalue weighted by atomic mass is 9.88. The van der Waals surface area contributed by atoms with E-state index in [0.29, 0.717) is 40.0 Å².